The molecule has 0 rings (SSSR count). The first-order valence-corrected chi connectivity index (χ1v) is 5.35. The van der Waals surface area contributed by atoms with E-state index < -0.39 is 29.4 Å². The molecule has 0 saturated carbocycles. The first kappa shape index (κ1) is 15.4. The van der Waals surface area contributed by atoms with E-state index in [0.717, 1.165) is 0 Å². The Morgan fingerprint density at radius 1 is 1.29 bits per heavy atom. The maximum atomic E-state index is 11.4. The van der Waals surface area contributed by atoms with Crippen LogP contribution in [0.1, 0.15) is 40.0 Å². The Morgan fingerprint density at radius 2 is 1.82 bits per heavy atom. The minimum absolute atomic E-state index is 0.0455. The quantitative estimate of drug-likeness (QED) is 0.669. The smallest absolute Gasteiger partial charge is 0.307 e. The average molecular weight is 245 g/mol. The van der Waals surface area contributed by atoms with Gasteiger partial charge in [0.05, 0.1) is 12.3 Å². The standard InChI is InChI=1S/C11H19NO5/c1-11(2,3)17-9(14)6-7(10(15)16)4-5-8(12)13/h7H,4-6H2,1-3H3,(H2,12,13)(H,15,16)/t7-/m0/s1. The zero-order chi connectivity index (χ0) is 13.6. The van der Waals surface area contributed by atoms with Crippen molar-refractivity contribution in [2.75, 3.05) is 0 Å². The van der Waals surface area contributed by atoms with E-state index in [1.165, 1.54) is 0 Å². The molecule has 17 heavy (non-hydrogen) atoms. The highest BCUT2D eigenvalue weighted by molar-refractivity contribution is 5.80. The van der Waals surface area contributed by atoms with Gasteiger partial charge in [0.2, 0.25) is 5.91 Å². The summed E-state index contributed by atoms with van der Waals surface area (Å²) in [5, 5.41) is 8.87. The molecule has 0 saturated heterocycles. The minimum atomic E-state index is -1.13. The molecule has 0 aromatic carbocycles. The van der Waals surface area contributed by atoms with Crippen LogP contribution in [-0.2, 0) is 19.1 Å². The Morgan fingerprint density at radius 3 is 2.18 bits per heavy atom. The summed E-state index contributed by atoms with van der Waals surface area (Å²) in [5.74, 6) is -3.23. The molecule has 0 aliphatic rings. The molecule has 0 fully saturated rings. The highest BCUT2D eigenvalue weighted by atomic mass is 16.6. The molecule has 6 heteroatoms. The van der Waals surface area contributed by atoms with Crippen LogP contribution in [0.3, 0.4) is 0 Å². The summed E-state index contributed by atoms with van der Waals surface area (Å²) in [4.78, 5) is 32.8. The number of aliphatic carboxylic acids is 1. The second-order valence-corrected chi connectivity index (χ2v) is 4.83. The third-order valence-electron chi connectivity index (χ3n) is 1.92. The maximum Gasteiger partial charge on any atom is 0.307 e. The Hall–Kier alpha value is -1.59. The van der Waals surface area contributed by atoms with Gasteiger partial charge < -0.3 is 15.6 Å². The molecule has 0 aromatic rings. The number of rotatable bonds is 6. The highest BCUT2D eigenvalue weighted by Gasteiger charge is 2.25. The first-order chi connectivity index (χ1) is 7.61. The van der Waals surface area contributed by atoms with Crippen molar-refractivity contribution in [2.24, 2.45) is 11.7 Å². The number of carboxylic acids is 1. The Labute approximate surface area is 100 Å². The fourth-order valence-electron chi connectivity index (χ4n) is 1.21. The third kappa shape index (κ3) is 8.24. The second-order valence-electron chi connectivity index (χ2n) is 4.83. The fourth-order valence-corrected chi connectivity index (χ4v) is 1.21. The number of carbonyl (C=O) groups is 3. The minimum Gasteiger partial charge on any atom is -0.481 e. The number of nitrogens with two attached hydrogens (primary N) is 1. The molecule has 0 heterocycles. The lowest BCUT2D eigenvalue weighted by Crippen LogP contribution is -2.28. The number of ether oxygens (including phenoxy) is 1. The zero-order valence-corrected chi connectivity index (χ0v) is 10.4. The van der Waals surface area contributed by atoms with Crippen LogP contribution in [0.4, 0.5) is 0 Å². The number of carbonyl (C=O) groups excluding carboxylic acids is 2. The molecule has 0 aliphatic carbocycles. The van der Waals surface area contributed by atoms with Gasteiger partial charge in [-0.05, 0) is 27.2 Å². The van der Waals surface area contributed by atoms with Crippen molar-refractivity contribution in [1.29, 1.82) is 0 Å². The number of amides is 1. The highest BCUT2D eigenvalue weighted by Crippen LogP contribution is 2.16. The maximum absolute atomic E-state index is 11.4. The predicted molar refractivity (Wildman–Crippen MR) is 60.0 cm³/mol. The van der Waals surface area contributed by atoms with Gasteiger partial charge in [0.1, 0.15) is 5.60 Å². The second kappa shape index (κ2) is 6.22. The van der Waals surface area contributed by atoms with E-state index in [1.54, 1.807) is 20.8 Å². The fraction of sp³-hybridized carbons (Fsp3) is 0.727. The number of esters is 1. The molecule has 98 valence electrons. The summed E-state index contributed by atoms with van der Waals surface area (Å²) in [6.07, 6.45) is -0.260. The zero-order valence-electron chi connectivity index (χ0n) is 10.4. The lowest BCUT2D eigenvalue weighted by molar-refractivity contribution is -0.160. The number of hydrogen-bond donors (Lipinski definition) is 2. The molecule has 0 bridgehead atoms. The lowest BCUT2D eigenvalue weighted by Gasteiger charge is -2.20. The van der Waals surface area contributed by atoms with Gasteiger partial charge in [-0.2, -0.15) is 0 Å². The molecule has 0 radical (unpaired) electrons. The average Bonchev–Trinajstić information content (AvgIpc) is 2.08. The molecule has 0 aliphatic heterocycles. The van der Waals surface area contributed by atoms with Crippen LogP contribution < -0.4 is 5.73 Å². The van der Waals surface area contributed by atoms with Crippen LogP contribution >= 0.6 is 0 Å². The van der Waals surface area contributed by atoms with Gasteiger partial charge in [0.25, 0.3) is 0 Å². The first-order valence-electron chi connectivity index (χ1n) is 5.35. The molecule has 1 atom stereocenters. The van der Waals surface area contributed by atoms with Gasteiger partial charge in [-0.25, -0.2) is 0 Å². The van der Waals surface area contributed by atoms with E-state index in [1.807, 2.05) is 0 Å². The van der Waals surface area contributed by atoms with E-state index >= 15 is 0 Å². The molecule has 3 N–H and O–H groups in total. The van der Waals surface area contributed by atoms with Crippen molar-refractivity contribution in [1.82, 2.24) is 0 Å². The van der Waals surface area contributed by atoms with Crippen LogP contribution in [0.15, 0.2) is 0 Å². The molecular weight excluding hydrogens is 226 g/mol. The largest absolute Gasteiger partial charge is 0.481 e. The molecule has 0 aromatic heterocycles. The van der Waals surface area contributed by atoms with Crippen LogP contribution in [0, 0.1) is 5.92 Å². The van der Waals surface area contributed by atoms with Crippen LogP contribution in [0.2, 0.25) is 0 Å². The van der Waals surface area contributed by atoms with E-state index in [0.29, 0.717) is 0 Å². The Bertz CT molecular complexity index is 305. The van der Waals surface area contributed by atoms with Crippen LogP contribution in [0.25, 0.3) is 0 Å². The van der Waals surface area contributed by atoms with Crippen molar-refractivity contribution in [3.8, 4) is 0 Å². The summed E-state index contributed by atoms with van der Waals surface area (Å²) >= 11 is 0. The van der Waals surface area contributed by atoms with Crippen molar-refractivity contribution in [2.45, 2.75) is 45.6 Å². The van der Waals surface area contributed by atoms with Gasteiger partial charge in [0.15, 0.2) is 0 Å². The van der Waals surface area contributed by atoms with Crippen molar-refractivity contribution in [3.05, 3.63) is 0 Å². The number of primary amides is 1. The van der Waals surface area contributed by atoms with Gasteiger partial charge in [0, 0.05) is 6.42 Å². The summed E-state index contributed by atoms with van der Waals surface area (Å²) < 4.78 is 5.01. The van der Waals surface area contributed by atoms with E-state index in [2.05, 4.69) is 0 Å². The summed E-state index contributed by atoms with van der Waals surface area (Å²) in [5.41, 5.74) is 4.28. The molecule has 1 amide bonds. The molecule has 0 unspecified atom stereocenters. The molecule has 0 spiro atoms. The normalized spacial score (nSPS) is 12.9. The van der Waals surface area contributed by atoms with Gasteiger partial charge >= 0.3 is 11.9 Å². The molecule has 6 nitrogen and oxygen atoms in total. The van der Waals surface area contributed by atoms with Crippen molar-refractivity contribution < 1.29 is 24.2 Å². The number of carboxylic acid groups (broad SMARTS) is 1. The van der Waals surface area contributed by atoms with Gasteiger partial charge in [-0.3, -0.25) is 14.4 Å². The van der Waals surface area contributed by atoms with E-state index in [4.69, 9.17) is 15.6 Å². The SMILES string of the molecule is CC(C)(C)OC(=O)C[C@H](CCC(N)=O)C(=O)O. The summed E-state index contributed by atoms with van der Waals surface area (Å²) in [7, 11) is 0. The predicted octanol–water partition coefficient (Wildman–Crippen LogP) is 0.684. The topological polar surface area (TPSA) is 107 Å². The monoisotopic (exact) mass is 245 g/mol. The third-order valence-corrected chi connectivity index (χ3v) is 1.92. The summed E-state index contributed by atoms with van der Waals surface area (Å²) in [6, 6.07) is 0. The van der Waals surface area contributed by atoms with E-state index in [-0.39, 0.29) is 19.3 Å². The van der Waals surface area contributed by atoms with E-state index in [9.17, 15) is 14.4 Å². The van der Waals surface area contributed by atoms with Gasteiger partial charge in [-0.15, -0.1) is 0 Å². The lowest BCUT2D eigenvalue weighted by atomic mass is 9.99. The van der Waals surface area contributed by atoms with Crippen LogP contribution in [0.5, 0.6) is 0 Å². The van der Waals surface area contributed by atoms with Crippen LogP contribution in [-0.4, -0.2) is 28.6 Å². The Kier molecular flexibility index (Phi) is 5.64. The number of hydrogen-bond acceptors (Lipinski definition) is 4. The van der Waals surface area contributed by atoms with Crippen molar-refractivity contribution >= 4 is 17.8 Å². The van der Waals surface area contributed by atoms with Crippen molar-refractivity contribution in [3.63, 3.8) is 0 Å². The Balaban J connectivity index is 4.30. The summed E-state index contributed by atoms with van der Waals surface area (Å²) in [6.45, 7) is 5.10. The van der Waals surface area contributed by atoms with Gasteiger partial charge in [-0.1, -0.05) is 0 Å². The molecular formula is C11H19NO5.